The Morgan fingerprint density at radius 3 is 2.39 bits per heavy atom. The largest absolute Gasteiger partial charge is 0.368 e. The van der Waals surface area contributed by atoms with E-state index in [0.717, 1.165) is 41.9 Å². The van der Waals surface area contributed by atoms with Gasteiger partial charge in [0.05, 0.1) is 11.4 Å². The quantitative estimate of drug-likeness (QED) is 0.433. The molecule has 0 saturated carbocycles. The highest BCUT2D eigenvalue weighted by Crippen LogP contribution is 2.39. The number of aryl methyl sites for hydroxylation is 1. The molecule has 170 valence electrons. The number of hydrogen-bond donors (Lipinski definition) is 0. The third kappa shape index (κ3) is 4.50. The number of benzene rings is 3. The zero-order chi connectivity index (χ0) is 22.9. The molecule has 3 aromatic rings. The first-order valence-corrected chi connectivity index (χ1v) is 12.2. The van der Waals surface area contributed by atoms with Crippen LogP contribution < -0.4 is 9.96 Å². The van der Waals surface area contributed by atoms with Crippen LogP contribution in [0.15, 0.2) is 76.2 Å². The Balaban J connectivity index is 1.45. The van der Waals surface area contributed by atoms with Crippen LogP contribution >= 0.6 is 15.9 Å². The highest BCUT2D eigenvalue weighted by molar-refractivity contribution is 9.10. The number of anilines is 2. The lowest BCUT2D eigenvalue weighted by Gasteiger charge is -2.35. The molecule has 2 heterocycles. The fourth-order valence-corrected chi connectivity index (χ4v) is 5.06. The van der Waals surface area contributed by atoms with Gasteiger partial charge in [-0.3, -0.25) is 0 Å². The van der Waals surface area contributed by atoms with Crippen molar-refractivity contribution in [2.75, 3.05) is 43.2 Å². The van der Waals surface area contributed by atoms with Crippen molar-refractivity contribution in [1.29, 1.82) is 0 Å². The van der Waals surface area contributed by atoms with Crippen LogP contribution in [0.25, 0.3) is 11.1 Å². The number of aliphatic imine (C=N–C) groups is 1. The molecule has 1 saturated heterocycles. The Morgan fingerprint density at radius 2 is 1.67 bits per heavy atom. The monoisotopic (exact) mass is 504 g/mol. The summed E-state index contributed by atoms with van der Waals surface area (Å²) in [5.41, 5.74) is 7.02. The van der Waals surface area contributed by atoms with Gasteiger partial charge < -0.3 is 14.6 Å². The van der Waals surface area contributed by atoms with E-state index in [1.807, 2.05) is 18.1 Å². The van der Waals surface area contributed by atoms with Crippen molar-refractivity contribution in [3.8, 4) is 11.1 Å². The maximum atomic E-state index is 6.11. The maximum Gasteiger partial charge on any atom is 0.217 e. The van der Waals surface area contributed by atoms with Crippen LogP contribution in [0.2, 0.25) is 0 Å². The fourth-order valence-electron chi connectivity index (χ4n) is 4.56. The van der Waals surface area contributed by atoms with Gasteiger partial charge in [-0.2, -0.15) is 5.06 Å². The summed E-state index contributed by atoms with van der Waals surface area (Å²) in [7, 11) is 2.18. The zero-order valence-corrected chi connectivity index (χ0v) is 20.9. The summed E-state index contributed by atoms with van der Waals surface area (Å²) >= 11 is 3.76. The Hall–Kier alpha value is -2.83. The van der Waals surface area contributed by atoms with Gasteiger partial charge in [0.15, 0.2) is 6.17 Å². The van der Waals surface area contributed by atoms with Crippen LogP contribution in [0, 0.1) is 6.92 Å². The normalized spacial score (nSPS) is 18.9. The molecule has 33 heavy (non-hydrogen) atoms. The summed E-state index contributed by atoms with van der Waals surface area (Å²) in [6, 6.07) is 23.5. The third-order valence-electron chi connectivity index (χ3n) is 6.42. The van der Waals surface area contributed by atoms with Crippen LogP contribution in [0.5, 0.6) is 0 Å². The first-order valence-electron chi connectivity index (χ1n) is 11.4. The van der Waals surface area contributed by atoms with Crippen LogP contribution in [0.3, 0.4) is 0 Å². The van der Waals surface area contributed by atoms with E-state index in [0.29, 0.717) is 5.90 Å². The SMILES string of the molecule is CC1=NC(c2ccc(-c3ccccc3)c(C)c2)N(c2ccc(Br)c(N3CCN(C)CC3)c2)O1. The Bertz CT molecular complexity index is 1170. The number of halogens is 1. The Morgan fingerprint density at radius 1 is 0.909 bits per heavy atom. The Kier molecular flexibility index (Phi) is 6.13. The van der Waals surface area contributed by atoms with E-state index in [1.165, 1.54) is 22.4 Å². The van der Waals surface area contributed by atoms with Gasteiger partial charge in [0.2, 0.25) is 5.90 Å². The summed E-state index contributed by atoms with van der Waals surface area (Å²) in [6.45, 7) is 8.23. The van der Waals surface area contributed by atoms with Gasteiger partial charge in [0.1, 0.15) is 0 Å². The standard InChI is InChI=1S/C27H29BrN4O/c1-19-17-22(9-11-24(19)21-7-5-4-6-8-21)27-29-20(2)33-32(27)23-10-12-25(28)26(18-23)31-15-13-30(3)14-16-31/h4-12,17-18,27H,13-16H2,1-3H3. The van der Waals surface area contributed by atoms with Crippen molar-refractivity contribution in [2.45, 2.75) is 20.0 Å². The van der Waals surface area contributed by atoms with Crippen molar-refractivity contribution in [2.24, 2.45) is 4.99 Å². The molecule has 0 aromatic heterocycles. The second-order valence-electron chi connectivity index (χ2n) is 8.81. The molecule has 0 aliphatic carbocycles. The zero-order valence-electron chi connectivity index (χ0n) is 19.3. The minimum absolute atomic E-state index is 0.213. The average molecular weight is 505 g/mol. The van der Waals surface area contributed by atoms with Crippen LogP contribution in [-0.4, -0.2) is 44.0 Å². The highest BCUT2D eigenvalue weighted by Gasteiger charge is 2.30. The minimum atomic E-state index is -0.213. The van der Waals surface area contributed by atoms with E-state index in [4.69, 9.17) is 9.83 Å². The van der Waals surface area contributed by atoms with E-state index < -0.39 is 0 Å². The number of hydroxylamine groups is 1. The Labute approximate surface area is 204 Å². The number of hydrogen-bond acceptors (Lipinski definition) is 5. The molecular formula is C27H29BrN4O. The lowest BCUT2D eigenvalue weighted by Crippen LogP contribution is -2.44. The third-order valence-corrected chi connectivity index (χ3v) is 7.09. The van der Waals surface area contributed by atoms with Crippen molar-refractivity contribution < 1.29 is 4.84 Å². The van der Waals surface area contributed by atoms with Crippen molar-refractivity contribution in [3.05, 3.63) is 82.3 Å². The van der Waals surface area contributed by atoms with Gasteiger partial charge in [-0.1, -0.05) is 48.5 Å². The molecule has 0 spiro atoms. The molecule has 5 rings (SSSR count). The van der Waals surface area contributed by atoms with E-state index >= 15 is 0 Å². The van der Waals surface area contributed by atoms with Gasteiger partial charge in [0, 0.05) is 43.1 Å². The van der Waals surface area contributed by atoms with Crippen molar-refractivity contribution >= 4 is 33.2 Å². The second-order valence-corrected chi connectivity index (χ2v) is 9.66. The molecule has 0 bridgehead atoms. The van der Waals surface area contributed by atoms with E-state index in [-0.39, 0.29) is 6.17 Å². The molecule has 3 aromatic carbocycles. The van der Waals surface area contributed by atoms with E-state index in [1.54, 1.807) is 0 Å². The molecule has 2 aliphatic heterocycles. The van der Waals surface area contributed by atoms with Crippen LogP contribution in [-0.2, 0) is 4.84 Å². The molecule has 5 nitrogen and oxygen atoms in total. The maximum absolute atomic E-state index is 6.11. The molecule has 0 N–H and O–H groups in total. The molecule has 0 amide bonds. The molecule has 1 fully saturated rings. The summed E-state index contributed by atoms with van der Waals surface area (Å²) in [6.07, 6.45) is -0.213. The molecule has 1 unspecified atom stereocenters. The number of piperazine rings is 1. The predicted molar refractivity (Wildman–Crippen MR) is 140 cm³/mol. The summed E-state index contributed by atoms with van der Waals surface area (Å²) < 4.78 is 1.10. The van der Waals surface area contributed by atoms with Gasteiger partial charge in [-0.05, 0) is 64.8 Å². The van der Waals surface area contributed by atoms with Crippen LogP contribution in [0.4, 0.5) is 11.4 Å². The minimum Gasteiger partial charge on any atom is -0.368 e. The molecule has 2 aliphatic rings. The van der Waals surface area contributed by atoms with Gasteiger partial charge in [0.25, 0.3) is 0 Å². The fraction of sp³-hybridized carbons (Fsp3) is 0.296. The summed E-state index contributed by atoms with van der Waals surface area (Å²) in [5.74, 6) is 0.675. The molecule has 6 heteroatoms. The lowest BCUT2D eigenvalue weighted by molar-refractivity contribution is 0.267. The average Bonchev–Trinajstić information content (AvgIpc) is 3.22. The lowest BCUT2D eigenvalue weighted by atomic mass is 9.97. The van der Waals surface area contributed by atoms with Gasteiger partial charge in [-0.15, -0.1) is 0 Å². The smallest absolute Gasteiger partial charge is 0.217 e. The van der Waals surface area contributed by atoms with E-state index in [9.17, 15) is 0 Å². The predicted octanol–water partition coefficient (Wildman–Crippen LogP) is 6.05. The first-order chi connectivity index (χ1) is 16.0. The van der Waals surface area contributed by atoms with Crippen molar-refractivity contribution in [3.63, 3.8) is 0 Å². The van der Waals surface area contributed by atoms with E-state index in [2.05, 4.69) is 100 Å². The summed E-state index contributed by atoms with van der Waals surface area (Å²) in [4.78, 5) is 15.7. The number of rotatable bonds is 4. The summed E-state index contributed by atoms with van der Waals surface area (Å²) in [5, 5.41) is 1.93. The van der Waals surface area contributed by atoms with Crippen molar-refractivity contribution in [1.82, 2.24) is 4.90 Å². The van der Waals surface area contributed by atoms with Gasteiger partial charge >= 0.3 is 0 Å². The molecule has 1 atom stereocenters. The molecule has 0 radical (unpaired) electrons. The topological polar surface area (TPSA) is 31.3 Å². The number of nitrogens with zero attached hydrogens (tertiary/aromatic N) is 4. The second kappa shape index (κ2) is 9.20. The molecular weight excluding hydrogens is 476 g/mol. The van der Waals surface area contributed by atoms with Crippen LogP contribution in [0.1, 0.15) is 24.2 Å². The van der Waals surface area contributed by atoms with Gasteiger partial charge in [-0.25, -0.2) is 4.99 Å². The first kappa shape index (κ1) is 22.0. The highest BCUT2D eigenvalue weighted by atomic mass is 79.9. The number of likely N-dealkylation sites (N-methyl/N-ethyl adjacent to an activating group) is 1.